The molecule has 2 nitrogen and oxygen atoms in total. The molecule has 2 rings (SSSR count). The Bertz CT molecular complexity index is 516. The first-order valence-corrected chi connectivity index (χ1v) is 4.53. The molecular formula is C9H9BF3N2-. The van der Waals surface area contributed by atoms with Crippen LogP contribution in [0.15, 0.2) is 18.2 Å². The number of nitrogens with zero attached hydrogens (tertiary/aromatic N) is 2. The summed E-state index contributed by atoms with van der Waals surface area (Å²) in [6.07, 6.45) is 0. The highest BCUT2D eigenvalue weighted by atomic mass is 19.4. The fourth-order valence-corrected chi connectivity index (χ4v) is 1.81. The Balaban J connectivity index is 2.87. The minimum atomic E-state index is -4.98. The monoisotopic (exact) mass is 213 g/mol. The first-order chi connectivity index (χ1) is 6.91. The van der Waals surface area contributed by atoms with Crippen molar-refractivity contribution in [1.82, 2.24) is 9.78 Å². The van der Waals surface area contributed by atoms with Crippen molar-refractivity contribution in [2.45, 2.75) is 6.92 Å². The lowest BCUT2D eigenvalue weighted by Gasteiger charge is -2.16. The van der Waals surface area contributed by atoms with Crippen LogP contribution in [0.3, 0.4) is 0 Å². The Morgan fingerprint density at radius 3 is 2.53 bits per heavy atom. The molecule has 1 aromatic carbocycles. The normalized spacial score (nSPS) is 12.3. The van der Waals surface area contributed by atoms with Gasteiger partial charge in [-0.05, 0) is 6.92 Å². The Morgan fingerprint density at radius 1 is 1.27 bits per heavy atom. The largest absolute Gasteiger partial charge is 0.511 e. The topological polar surface area (TPSA) is 17.8 Å². The van der Waals surface area contributed by atoms with E-state index >= 15 is 0 Å². The van der Waals surface area contributed by atoms with Gasteiger partial charge in [0.2, 0.25) is 0 Å². The first kappa shape index (κ1) is 10.1. The highest BCUT2D eigenvalue weighted by molar-refractivity contribution is 6.75. The van der Waals surface area contributed by atoms with Crippen molar-refractivity contribution in [1.29, 1.82) is 0 Å². The molecule has 0 bridgehead atoms. The molecule has 0 fully saturated rings. The fraction of sp³-hybridized carbons (Fsp3) is 0.222. The van der Waals surface area contributed by atoms with Gasteiger partial charge in [0, 0.05) is 18.0 Å². The van der Waals surface area contributed by atoms with Crippen LogP contribution in [-0.2, 0) is 7.05 Å². The maximum absolute atomic E-state index is 12.7. The van der Waals surface area contributed by atoms with Crippen LogP contribution in [-0.4, -0.2) is 16.8 Å². The Hall–Kier alpha value is -1.46. The van der Waals surface area contributed by atoms with Gasteiger partial charge in [0.05, 0.1) is 5.69 Å². The number of aryl methyl sites for hydroxylation is 2. The fourth-order valence-electron chi connectivity index (χ4n) is 1.81. The van der Waals surface area contributed by atoms with Gasteiger partial charge < -0.3 is 12.9 Å². The second-order valence-electron chi connectivity index (χ2n) is 3.53. The highest BCUT2D eigenvalue weighted by Gasteiger charge is 2.29. The van der Waals surface area contributed by atoms with Gasteiger partial charge in [-0.3, -0.25) is 4.68 Å². The second-order valence-corrected chi connectivity index (χ2v) is 3.53. The van der Waals surface area contributed by atoms with E-state index in [1.54, 1.807) is 13.0 Å². The Kier molecular flexibility index (Phi) is 2.03. The van der Waals surface area contributed by atoms with Gasteiger partial charge in [0.1, 0.15) is 0 Å². The number of para-hydroxylation sites is 1. The molecule has 0 spiro atoms. The van der Waals surface area contributed by atoms with E-state index in [9.17, 15) is 12.9 Å². The van der Waals surface area contributed by atoms with Gasteiger partial charge >= 0.3 is 6.98 Å². The Morgan fingerprint density at radius 2 is 1.93 bits per heavy atom. The van der Waals surface area contributed by atoms with Crippen molar-refractivity contribution < 1.29 is 12.9 Å². The van der Waals surface area contributed by atoms with E-state index in [1.807, 2.05) is 0 Å². The van der Waals surface area contributed by atoms with E-state index in [-0.39, 0.29) is 5.52 Å². The van der Waals surface area contributed by atoms with Gasteiger partial charge in [-0.15, -0.1) is 0 Å². The molecule has 0 aliphatic rings. The van der Waals surface area contributed by atoms with Crippen LogP contribution in [0.1, 0.15) is 5.69 Å². The number of hydrogen-bond donors (Lipinski definition) is 0. The smallest absolute Gasteiger partial charge is 0.445 e. The maximum Gasteiger partial charge on any atom is 0.511 e. The highest BCUT2D eigenvalue weighted by Crippen LogP contribution is 2.20. The van der Waals surface area contributed by atoms with Crippen molar-refractivity contribution in [3.63, 3.8) is 0 Å². The van der Waals surface area contributed by atoms with Crippen LogP contribution in [0.5, 0.6) is 0 Å². The lowest BCUT2D eigenvalue weighted by Crippen LogP contribution is -2.35. The summed E-state index contributed by atoms with van der Waals surface area (Å²) in [4.78, 5) is 0. The number of aromatic nitrogens is 2. The predicted molar refractivity (Wildman–Crippen MR) is 54.2 cm³/mol. The summed E-state index contributed by atoms with van der Waals surface area (Å²) >= 11 is 0. The average molecular weight is 213 g/mol. The van der Waals surface area contributed by atoms with E-state index in [2.05, 4.69) is 5.10 Å². The average Bonchev–Trinajstić information content (AvgIpc) is 2.41. The van der Waals surface area contributed by atoms with Crippen molar-refractivity contribution in [2.75, 3.05) is 0 Å². The van der Waals surface area contributed by atoms with E-state index in [4.69, 9.17) is 0 Å². The third-order valence-electron chi connectivity index (χ3n) is 2.43. The van der Waals surface area contributed by atoms with E-state index < -0.39 is 12.4 Å². The molecule has 0 radical (unpaired) electrons. The van der Waals surface area contributed by atoms with E-state index in [1.165, 1.54) is 17.8 Å². The van der Waals surface area contributed by atoms with Gasteiger partial charge in [0.15, 0.2) is 0 Å². The van der Waals surface area contributed by atoms with Crippen LogP contribution in [0.4, 0.5) is 12.9 Å². The van der Waals surface area contributed by atoms with Crippen molar-refractivity contribution in [3.8, 4) is 0 Å². The van der Waals surface area contributed by atoms with Crippen LogP contribution in [0.2, 0.25) is 0 Å². The van der Waals surface area contributed by atoms with Crippen LogP contribution < -0.4 is 5.46 Å². The van der Waals surface area contributed by atoms with E-state index in [0.717, 1.165) is 6.07 Å². The number of rotatable bonds is 1. The molecule has 0 saturated heterocycles. The molecule has 0 amide bonds. The van der Waals surface area contributed by atoms with Gasteiger partial charge in [0.25, 0.3) is 0 Å². The molecule has 0 aliphatic heterocycles. The predicted octanol–water partition coefficient (Wildman–Crippen LogP) is 1.94. The molecule has 2 aromatic rings. The maximum atomic E-state index is 12.7. The lowest BCUT2D eigenvalue weighted by atomic mass is 9.79. The van der Waals surface area contributed by atoms with Crippen molar-refractivity contribution in [2.24, 2.45) is 7.05 Å². The first-order valence-electron chi connectivity index (χ1n) is 4.53. The quantitative estimate of drug-likeness (QED) is 0.661. The van der Waals surface area contributed by atoms with Gasteiger partial charge in [-0.25, -0.2) is 0 Å². The summed E-state index contributed by atoms with van der Waals surface area (Å²) in [7, 11) is 1.53. The SMILES string of the molecule is Cc1nn(C)c2c([B-](F)(F)F)cccc12. The summed E-state index contributed by atoms with van der Waals surface area (Å²) in [6.45, 7) is -3.28. The summed E-state index contributed by atoms with van der Waals surface area (Å²) in [5.74, 6) is 0. The summed E-state index contributed by atoms with van der Waals surface area (Å²) in [6, 6.07) is 4.17. The molecule has 0 unspecified atom stereocenters. The molecule has 0 aliphatic carbocycles. The second kappa shape index (κ2) is 3.02. The minimum Gasteiger partial charge on any atom is -0.445 e. The summed E-state index contributed by atoms with van der Waals surface area (Å²) in [5, 5.41) is 4.56. The zero-order chi connectivity index (χ0) is 11.2. The molecular weight excluding hydrogens is 204 g/mol. The molecule has 1 heterocycles. The number of benzene rings is 1. The van der Waals surface area contributed by atoms with Gasteiger partial charge in [-0.2, -0.15) is 5.10 Å². The van der Waals surface area contributed by atoms with Crippen LogP contribution in [0.25, 0.3) is 10.9 Å². The molecule has 15 heavy (non-hydrogen) atoms. The van der Waals surface area contributed by atoms with Crippen molar-refractivity contribution in [3.05, 3.63) is 23.9 Å². The number of halogens is 3. The number of fused-ring (bicyclic) bond motifs is 1. The zero-order valence-electron chi connectivity index (χ0n) is 8.34. The molecule has 1 aromatic heterocycles. The standard InChI is InChI=1S/C9H9BF3N2/c1-6-7-4-3-5-8(10(11,12)13)9(7)15(2)14-6/h3-5H,1-2H3/q-1. The molecule has 6 heteroatoms. The molecule has 0 N–H and O–H groups in total. The van der Waals surface area contributed by atoms with Crippen LogP contribution >= 0.6 is 0 Å². The minimum absolute atomic E-state index is 0.169. The summed E-state index contributed by atoms with van der Waals surface area (Å²) < 4.78 is 39.5. The summed E-state index contributed by atoms with van der Waals surface area (Å²) in [5.41, 5.74) is 0.215. The third kappa shape index (κ3) is 1.50. The number of hydrogen-bond acceptors (Lipinski definition) is 1. The van der Waals surface area contributed by atoms with Crippen molar-refractivity contribution >= 4 is 23.3 Å². The zero-order valence-corrected chi connectivity index (χ0v) is 8.34. The van der Waals surface area contributed by atoms with E-state index in [0.29, 0.717) is 11.1 Å². The molecule has 0 saturated carbocycles. The Labute approximate surface area is 84.8 Å². The third-order valence-corrected chi connectivity index (χ3v) is 2.43. The molecule has 80 valence electrons. The molecule has 0 atom stereocenters. The van der Waals surface area contributed by atoms with Gasteiger partial charge in [-0.1, -0.05) is 23.7 Å². The van der Waals surface area contributed by atoms with Crippen LogP contribution in [0, 0.1) is 6.92 Å². The lowest BCUT2D eigenvalue weighted by molar-refractivity contribution is 0.501.